The third-order valence-corrected chi connectivity index (χ3v) is 7.99. The number of para-hydroxylation sites is 1. The highest BCUT2D eigenvalue weighted by Gasteiger charge is 2.26. The molecule has 0 aromatic heterocycles. The van der Waals surface area contributed by atoms with Crippen LogP contribution in [0.15, 0.2) is 66.7 Å². The van der Waals surface area contributed by atoms with Crippen molar-refractivity contribution in [1.29, 1.82) is 0 Å². The Balaban J connectivity index is 2.10. The zero-order valence-electron chi connectivity index (χ0n) is 19.1. The number of aryl methyl sites for hydroxylation is 4. The van der Waals surface area contributed by atoms with Crippen molar-refractivity contribution in [3.8, 4) is 34.1 Å². The summed E-state index contributed by atoms with van der Waals surface area (Å²) in [5, 5.41) is 45.1. The number of hydrogen-bond acceptors (Lipinski definition) is 4. The largest absolute Gasteiger partial charge is 0.504 e. The van der Waals surface area contributed by atoms with Crippen LogP contribution in [0.4, 0.5) is 0 Å². The van der Waals surface area contributed by atoms with E-state index in [1.165, 1.54) is 12.1 Å². The fraction of sp³-hybridized carbons (Fsp3) is 0.143. The maximum absolute atomic E-state index is 11.0. The van der Waals surface area contributed by atoms with Gasteiger partial charge < -0.3 is 20.4 Å². The van der Waals surface area contributed by atoms with Crippen molar-refractivity contribution in [1.82, 2.24) is 0 Å². The van der Waals surface area contributed by atoms with E-state index in [4.69, 9.17) is 0 Å². The Kier molecular flexibility index (Phi) is 6.05. The van der Waals surface area contributed by atoms with Crippen LogP contribution >= 0.6 is 7.92 Å². The van der Waals surface area contributed by atoms with Gasteiger partial charge in [0, 0.05) is 11.1 Å². The average molecular weight is 458 g/mol. The summed E-state index contributed by atoms with van der Waals surface area (Å²) in [7, 11) is -1.17. The molecule has 0 amide bonds. The predicted octanol–water partition coefficient (Wildman–Crippen LogP) is 5.17. The van der Waals surface area contributed by atoms with Crippen LogP contribution in [0.5, 0.6) is 23.0 Å². The Morgan fingerprint density at radius 3 is 1.55 bits per heavy atom. The average Bonchev–Trinajstić information content (AvgIpc) is 2.72. The van der Waals surface area contributed by atoms with Crippen LogP contribution in [0.25, 0.3) is 11.1 Å². The van der Waals surface area contributed by atoms with Gasteiger partial charge in [0.15, 0.2) is 23.0 Å². The van der Waals surface area contributed by atoms with Crippen molar-refractivity contribution in [2.45, 2.75) is 27.7 Å². The summed E-state index contributed by atoms with van der Waals surface area (Å²) < 4.78 is 0. The second-order valence-corrected chi connectivity index (χ2v) is 10.7. The number of phenols is 4. The van der Waals surface area contributed by atoms with Crippen molar-refractivity contribution in [3.63, 3.8) is 0 Å². The summed E-state index contributed by atoms with van der Waals surface area (Å²) in [6.07, 6.45) is 0. The first kappa shape index (κ1) is 22.7. The second-order valence-electron chi connectivity index (χ2n) is 8.53. The molecule has 33 heavy (non-hydrogen) atoms. The van der Waals surface area contributed by atoms with E-state index in [0.717, 1.165) is 38.2 Å². The molecule has 0 saturated carbocycles. The second kappa shape index (κ2) is 8.80. The van der Waals surface area contributed by atoms with Crippen LogP contribution in [-0.4, -0.2) is 20.4 Å². The van der Waals surface area contributed by atoms with Gasteiger partial charge in [-0.1, -0.05) is 70.8 Å². The molecule has 0 aliphatic carbocycles. The first-order valence-corrected chi connectivity index (χ1v) is 12.0. The molecule has 0 aliphatic rings. The monoisotopic (exact) mass is 458 g/mol. The molecule has 0 radical (unpaired) electrons. The molecule has 0 saturated heterocycles. The number of aromatic hydroxyl groups is 4. The van der Waals surface area contributed by atoms with Crippen LogP contribution in [0.1, 0.15) is 22.3 Å². The maximum Gasteiger partial charge on any atom is 0.166 e. The van der Waals surface area contributed by atoms with E-state index < -0.39 is 7.92 Å². The van der Waals surface area contributed by atoms with Gasteiger partial charge in [-0.15, -0.1) is 0 Å². The Morgan fingerprint density at radius 2 is 1.03 bits per heavy atom. The highest BCUT2D eigenvalue weighted by atomic mass is 31.1. The minimum atomic E-state index is -1.17. The predicted molar refractivity (Wildman–Crippen MR) is 136 cm³/mol. The van der Waals surface area contributed by atoms with Gasteiger partial charge in [-0.2, -0.15) is 0 Å². The van der Waals surface area contributed by atoms with Crippen molar-refractivity contribution < 1.29 is 20.4 Å². The summed E-state index contributed by atoms with van der Waals surface area (Å²) in [4.78, 5) is 0. The van der Waals surface area contributed by atoms with E-state index in [9.17, 15) is 20.4 Å². The highest BCUT2D eigenvalue weighted by Crippen LogP contribution is 2.47. The smallest absolute Gasteiger partial charge is 0.166 e. The summed E-state index contributed by atoms with van der Waals surface area (Å²) >= 11 is 0. The molecule has 4 aromatic carbocycles. The van der Waals surface area contributed by atoms with Gasteiger partial charge in [-0.25, -0.2) is 0 Å². The molecule has 5 heteroatoms. The Morgan fingerprint density at radius 1 is 0.545 bits per heavy atom. The number of benzene rings is 4. The maximum atomic E-state index is 11.0. The summed E-state index contributed by atoms with van der Waals surface area (Å²) in [5.41, 5.74) is 5.10. The number of phenolic OH excluding ortho intramolecular Hbond substituents is 4. The molecule has 4 N–H and O–H groups in total. The molecule has 168 valence electrons. The van der Waals surface area contributed by atoms with Crippen LogP contribution in [0.2, 0.25) is 0 Å². The van der Waals surface area contributed by atoms with Crippen molar-refractivity contribution in [2.24, 2.45) is 0 Å². The highest BCUT2D eigenvalue weighted by molar-refractivity contribution is 7.80. The molecule has 0 heterocycles. The van der Waals surface area contributed by atoms with Crippen molar-refractivity contribution in [3.05, 3.63) is 89.0 Å². The Bertz CT molecular complexity index is 1270. The topological polar surface area (TPSA) is 80.9 Å². The van der Waals surface area contributed by atoms with E-state index in [0.29, 0.717) is 5.56 Å². The van der Waals surface area contributed by atoms with Crippen LogP contribution < -0.4 is 15.9 Å². The van der Waals surface area contributed by atoms with Crippen LogP contribution in [0, 0.1) is 27.7 Å². The van der Waals surface area contributed by atoms with Gasteiger partial charge in [0.25, 0.3) is 0 Å². The molecule has 4 rings (SSSR count). The zero-order valence-corrected chi connectivity index (χ0v) is 20.0. The summed E-state index contributed by atoms with van der Waals surface area (Å²) in [5.74, 6) is -1.24. The molecule has 0 spiro atoms. The molecule has 0 aliphatic heterocycles. The Labute approximate surface area is 195 Å². The summed E-state index contributed by atoms with van der Waals surface area (Å²) in [6, 6.07) is 20.7. The lowest BCUT2D eigenvalue weighted by molar-refractivity contribution is 0.400. The lowest BCUT2D eigenvalue weighted by Gasteiger charge is -2.25. The first-order valence-electron chi connectivity index (χ1n) is 10.7. The lowest BCUT2D eigenvalue weighted by Crippen LogP contribution is -2.23. The Hall–Kier alpha value is -3.49. The quantitative estimate of drug-likeness (QED) is 0.251. The lowest BCUT2D eigenvalue weighted by atomic mass is 10.0. The number of rotatable bonds is 4. The number of hydrogen-bond donors (Lipinski definition) is 4. The normalized spacial score (nSPS) is 11.2. The van der Waals surface area contributed by atoms with Crippen molar-refractivity contribution >= 4 is 23.8 Å². The SMILES string of the molecule is Cc1cc(C)cc(P(c2cc(C)cc(C)c2)c2ccc(O)c(O)c2-c2cccc(O)c2O)c1. The molecule has 0 atom stereocenters. The summed E-state index contributed by atoms with van der Waals surface area (Å²) in [6.45, 7) is 8.23. The van der Waals surface area contributed by atoms with E-state index in [2.05, 4.69) is 64.1 Å². The van der Waals surface area contributed by atoms with Gasteiger partial charge in [-0.05, 0) is 69.7 Å². The molecule has 4 nitrogen and oxygen atoms in total. The molecular weight excluding hydrogens is 431 g/mol. The minimum absolute atomic E-state index is 0.264. The van der Waals surface area contributed by atoms with Gasteiger partial charge in [0.2, 0.25) is 0 Å². The molecule has 0 unspecified atom stereocenters. The third-order valence-electron chi connectivity index (χ3n) is 5.59. The standard InChI is InChI=1S/C28H27O4P/c1-16-10-17(2)13-20(12-16)33(21-14-18(3)11-19(4)15-21)25-9-8-24(30)28(32)26(25)22-6-5-7-23(29)27(22)31/h5-15,29-32H,1-4H3. The van der Waals surface area contributed by atoms with Crippen LogP contribution in [0.3, 0.4) is 0 Å². The first-order chi connectivity index (χ1) is 15.7. The third kappa shape index (κ3) is 4.40. The van der Waals surface area contributed by atoms with Gasteiger partial charge in [-0.3, -0.25) is 0 Å². The van der Waals surface area contributed by atoms with E-state index in [1.807, 2.05) is 0 Å². The van der Waals surface area contributed by atoms with Gasteiger partial charge >= 0.3 is 0 Å². The molecule has 4 aromatic rings. The fourth-order valence-corrected chi connectivity index (χ4v) is 7.20. The van der Waals surface area contributed by atoms with Crippen LogP contribution in [-0.2, 0) is 0 Å². The molecular formula is C28H27O4P. The van der Waals surface area contributed by atoms with E-state index >= 15 is 0 Å². The minimum Gasteiger partial charge on any atom is -0.504 e. The van der Waals surface area contributed by atoms with E-state index in [-0.39, 0.29) is 28.6 Å². The molecule has 0 bridgehead atoms. The van der Waals surface area contributed by atoms with Gasteiger partial charge in [0.1, 0.15) is 0 Å². The molecule has 0 fully saturated rings. The zero-order chi connectivity index (χ0) is 23.9. The van der Waals surface area contributed by atoms with Gasteiger partial charge in [0.05, 0.1) is 0 Å². The van der Waals surface area contributed by atoms with Crippen molar-refractivity contribution in [2.75, 3.05) is 0 Å². The fourth-order valence-electron chi connectivity index (χ4n) is 4.34. The van der Waals surface area contributed by atoms with E-state index in [1.54, 1.807) is 18.2 Å².